The first kappa shape index (κ1) is 11.4. The predicted molar refractivity (Wildman–Crippen MR) is 61.9 cm³/mol. The number of nitrogens with zero attached hydrogens (tertiary/aromatic N) is 1. The summed E-state index contributed by atoms with van der Waals surface area (Å²) in [6.07, 6.45) is 6.49. The molecule has 3 unspecified atom stereocenters. The molecule has 0 amide bonds. The van der Waals surface area contributed by atoms with Crippen LogP contribution in [0.1, 0.15) is 32.1 Å². The van der Waals surface area contributed by atoms with E-state index in [0.717, 1.165) is 12.6 Å². The van der Waals surface area contributed by atoms with Crippen molar-refractivity contribution in [2.24, 2.45) is 5.92 Å². The minimum atomic E-state index is 0.368. The lowest BCUT2D eigenvalue weighted by Gasteiger charge is -2.38. The first-order valence-electron chi connectivity index (χ1n) is 6.37. The molecule has 15 heavy (non-hydrogen) atoms. The van der Waals surface area contributed by atoms with Crippen LogP contribution < -0.4 is 5.32 Å². The van der Waals surface area contributed by atoms with Crippen LogP contribution in [-0.4, -0.2) is 48.8 Å². The van der Waals surface area contributed by atoms with Gasteiger partial charge in [0.25, 0.3) is 0 Å². The molecule has 2 aliphatic rings. The summed E-state index contributed by atoms with van der Waals surface area (Å²) in [5.41, 5.74) is 0. The number of rotatable bonds is 3. The summed E-state index contributed by atoms with van der Waals surface area (Å²) >= 11 is 0. The Kier molecular flexibility index (Phi) is 4.00. The molecular formula is C12H24N2O. The molecule has 3 atom stereocenters. The monoisotopic (exact) mass is 212 g/mol. The molecule has 1 aliphatic heterocycles. The highest BCUT2D eigenvalue weighted by Gasteiger charge is 2.33. The van der Waals surface area contributed by atoms with Crippen molar-refractivity contribution >= 4 is 0 Å². The summed E-state index contributed by atoms with van der Waals surface area (Å²) in [6, 6.07) is 1.41. The van der Waals surface area contributed by atoms with Crippen LogP contribution in [0, 0.1) is 5.92 Å². The maximum atomic E-state index is 9.23. The average molecular weight is 212 g/mol. The lowest BCUT2D eigenvalue weighted by molar-refractivity contribution is 0.0805. The Morgan fingerprint density at radius 3 is 2.87 bits per heavy atom. The largest absolute Gasteiger partial charge is 0.396 e. The van der Waals surface area contributed by atoms with Crippen LogP contribution in [0.15, 0.2) is 0 Å². The lowest BCUT2D eigenvalue weighted by atomic mass is 9.96. The van der Waals surface area contributed by atoms with Crippen molar-refractivity contribution in [1.29, 1.82) is 0 Å². The van der Waals surface area contributed by atoms with Crippen LogP contribution in [0.4, 0.5) is 0 Å². The second-order valence-electron chi connectivity index (χ2n) is 5.08. The zero-order valence-electron chi connectivity index (χ0n) is 9.78. The molecule has 0 radical (unpaired) electrons. The van der Waals surface area contributed by atoms with Crippen molar-refractivity contribution in [3.8, 4) is 0 Å². The van der Waals surface area contributed by atoms with E-state index in [-0.39, 0.29) is 0 Å². The molecule has 0 aromatic rings. The van der Waals surface area contributed by atoms with Gasteiger partial charge in [0.05, 0.1) is 0 Å². The standard InChI is InChI=1S/C12H24N2O/c1-13-11-5-2-6-12(11)14-7-3-4-10(8-14)9-15/h10-13,15H,2-9H2,1H3. The fourth-order valence-electron chi connectivity index (χ4n) is 3.26. The van der Waals surface area contributed by atoms with Gasteiger partial charge < -0.3 is 10.4 Å². The predicted octanol–water partition coefficient (Wildman–Crippen LogP) is 0.831. The van der Waals surface area contributed by atoms with Crippen molar-refractivity contribution in [3.63, 3.8) is 0 Å². The van der Waals surface area contributed by atoms with Crippen LogP contribution in [0.2, 0.25) is 0 Å². The van der Waals surface area contributed by atoms with Gasteiger partial charge in [-0.25, -0.2) is 0 Å². The van der Waals surface area contributed by atoms with Crippen LogP contribution in [-0.2, 0) is 0 Å². The first-order valence-corrected chi connectivity index (χ1v) is 6.37. The summed E-state index contributed by atoms with van der Waals surface area (Å²) in [5, 5.41) is 12.7. The van der Waals surface area contributed by atoms with Gasteiger partial charge in [-0.3, -0.25) is 4.90 Å². The molecule has 0 aromatic heterocycles. The molecule has 1 aliphatic carbocycles. The molecular weight excluding hydrogens is 188 g/mol. The number of aliphatic hydroxyl groups is 1. The van der Waals surface area contributed by atoms with E-state index in [9.17, 15) is 5.11 Å². The number of likely N-dealkylation sites (N-methyl/N-ethyl adjacent to an activating group) is 1. The normalized spacial score (nSPS) is 38.4. The number of hydrogen-bond acceptors (Lipinski definition) is 3. The summed E-state index contributed by atoms with van der Waals surface area (Å²) in [7, 11) is 2.08. The fourth-order valence-corrected chi connectivity index (χ4v) is 3.26. The number of likely N-dealkylation sites (tertiary alicyclic amines) is 1. The molecule has 1 heterocycles. The van der Waals surface area contributed by atoms with Crippen LogP contribution >= 0.6 is 0 Å². The third kappa shape index (κ3) is 2.52. The van der Waals surface area contributed by atoms with Gasteiger partial charge in [-0.05, 0) is 45.2 Å². The van der Waals surface area contributed by atoms with Gasteiger partial charge in [-0.2, -0.15) is 0 Å². The molecule has 2 fully saturated rings. The quantitative estimate of drug-likeness (QED) is 0.727. The number of hydrogen-bond donors (Lipinski definition) is 2. The van der Waals surface area contributed by atoms with E-state index in [1.165, 1.54) is 38.6 Å². The second kappa shape index (κ2) is 5.28. The molecule has 3 nitrogen and oxygen atoms in total. The van der Waals surface area contributed by atoms with Gasteiger partial charge in [-0.15, -0.1) is 0 Å². The van der Waals surface area contributed by atoms with Crippen LogP contribution in [0.25, 0.3) is 0 Å². The molecule has 3 heteroatoms. The lowest BCUT2D eigenvalue weighted by Crippen LogP contribution is -2.50. The highest BCUT2D eigenvalue weighted by atomic mass is 16.3. The van der Waals surface area contributed by atoms with Gasteiger partial charge in [0, 0.05) is 25.2 Å². The van der Waals surface area contributed by atoms with E-state index in [0.29, 0.717) is 18.6 Å². The minimum Gasteiger partial charge on any atom is -0.396 e. The molecule has 2 rings (SSSR count). The number of nitrogens with one attached hydrogen (secondary N) is 1. The topological polar surface area (TPSA) is 35.5 Å². The zero-order chi connectivity index (χ0) is 10.7. The molecule has 2 N–H and O–H groups in total. The Balaban J connectivity index is 1.91. The van der Waals surface area contributed by atoms with E-state index in [2.05, 4.69) is 17.3 Å². The van der Waals surface area contributed by atoms with E-state index < -0.39 is 0 Å². The number of aliphatic hydroxyl groups excluding tert-OH is 1. The van der Waals surface area contributed by atoms with E-state index in [1.807, 2.05) is 0 Å². The maximum absolute atomic E-state index is 9.23. The Morgan fingerprint density at radius 2 is 2.13 bits per heavy atom. The summed E-state index contributed by atoms with van der Waals surface area (Å²) in [5.74, 6) is 0.525. The summed E-state index contributed by atoms with van der Waals surface area (Å²) in [6.45, 7) is 2.71. The van der Waals surface area contributed by atoms with E-state index in [4.69, 9.17) is 0 Å². The van der Waals surface area contributed by atoms with Crippen molar-refractivity contribution in [3.05, 3.63) is 0 Å². The summed E-state index contributed by atoms with van der Waals surface area (Å²) in [4.78, 5) is 2.61. The Morgan fingerprint density at radius 1 is 1.27 bits per heavy atom. The third-order valence-corrected chi connectivity index (χ3v) is 4.13. The SMILES string of the molecule is CNC1CCCC1N1CCCC(CO)C1. The van der Waals surface area contributed by atoms with Gasteiger partial charge in [-0.1, -0.05) is 6.42 Å². The molecule has 0 aromatic carbocycles. The van der Waals surface area contributed by atoms with Gasteiger partial charge in [0.2, 0.25) is 0 Å². The molecule has 88 valence electrons. The van der Waals surface area contributed by atoms with Crippen LogP contribution in [0.5, 0.6) is 0 Å². The first-order chi connectivity index (χ1) is 7.35. The Bertz CT molecular complexity index is 198. The Labute approximate surface area is 92.8 Å². The zero-order valence-corrected chi connectivity index (χ0v) is 9.78. The van der Waals surface area contributed by atoms with Crippen molar-refractivity contribution < 1.29 is 5.11 Å². The van der Waals surface area contributed by atoms with Crippen LogP contribution in [0.3, 0.4) is 0 Å². The molecule has 1 saturated heterocycles. The van der Waals surface area contributed by atoms with Gasteiger partial charge in [0.15, 0.2) is 0 Å². The van der Waals surface area contributed by atoms with Crippen molar-refractivity contribution in [2.75, 3.05) is 26.7 Å². The second-order valence-corrected chi connectivity index (χ2v) is 5.08. The van der Waals surface area contributed by atoms with Gasteiger partial charge in [0.1, 0.15) is 0 Å². The summed E-state index contributed by atoms with van der Waals surface area (Å²) < 4.78 is 0. The highest BCUT2D eigenvalue weighted by molar-refractivity contribution is 4.91. The molecule has 0 spiro atoms. The van der Waals surface area contributed by atoms with E-state index >= 15 is 0 Å². The van der Waals surface area contributed by atoms with Crippen molar-refractivity contribution in [2.45, 2.75) is 44.2 Å². The highest BCUT2D eigenvalue weighted by Crippen LogP contribution is 2.28. The maximum Gasteiger partial charge on any atom is 0.0471 e. The third-order valence-electron chi connectivity index (χ3n) is 4.13. The Hall–Kier alpha value is -0.120. The molecule has 1 saturated carbocycles. The number of piperidine rings is 1. The fraction of sp³-hybridized carbons (Fsp3) is 1.00. The van der Waals surface area contributed by atoms with Gasteiger partial charge >= 0.3 is 0 Å². The van der Waals surface area contributed by atoms with E-state index in [1.54, 1.807) is 0 Å². The average Bonchev–Trinajstić information content (AvgIpc) is 2.77. The van der Waals surface area contributed by atoms with Crippen molar-refractivity contribution in [1.82, 2.24) is 10.2 Å². The minimum absolute atomic E-state index is 0.368. The smallest absolute Gasteiger partial charge is 0.0471 e. The molecule has 0 bridgehead atoms.